The van der Waals surface area contributed by atoms with Crippen LogP contribution in [-0.2, 0) is 4.74 Å². The Morgan fingerprint density at radius 3 is 2.71 bits per heavy atom. The highest BCUT2D eigenvalue weighted by Gasteiger charge is 2.36. The maximum Gasteiger partial charge on any atom is 0.256 e. The second-order valence-corrected chi connectivity index (χ2v) is 7.19. The lowest BCUT2D eigenvalue weighted by Gasteiger charge is -2.27. The van der Waals surface area contributed by atoms with Crippen molar-refractivity contribution in [3.05, 3.63) is 65.2 Å². The molecule has 3 rings (SSSR count). The predicted octanol–water partition coefficient (Wildman–Crippen LogP) is 3.43. The molecule has 1 heterocycles. The van der Waals surface area contributed by atoms with E-state index in [9.17, 15) is 9.59 Å². The highest BCUT2D eigenvalue weighted by atomic mass is 16.5. The molecule has 6 nitrogen and oxygen atoms in total. The average Bonchev–Trinajstić information content (AvgIpc) is 2.94. The summed E-state index contributed by atoms with van der Waals surface area (Å²) in [7, 11) is 1.66. The van der Waals surface area contributed by atoms with Gasteiger partial charge >= 0.3 is 0 Å². The van der Waals surface area contributed by atoms with E-state index in [4.69, 9.17) is 4.74 Å². The largest absolute Gasteiger partial charge is 0.385 e. The standard InChI is InChI=1S/C22H27N3O3/c1-15(2)23-21(26)16-8-6-9-17(14-16)24-20-18-10-4-5-11-19(18)22(27)25(20)12-7-13-28-3/h4-6,8-11,14-15,20,24H,7,12-13H2,1-3H3,(H,23,26). The Hall–Kier alpha value is -2.86. The summed E-state index contributed by atoms with van der Waals surface area (Å²) in [6, 6.07) is 15.1. The third-order valence-corrected chi connectivity index (χ3v) is 4.65. The van der Waals surface area contributed by atoms with Gasteiger partial charge in [-0.2, -0.15) is 0 Å². The second kappa shape index (κ2) is 8.89. The van der Waals surface area contributed by atoms with Gasteiger partial charge in [-0.25, -0.2) is 0 Å². The number of rotatable bonds is 8. The van der Waals surface area contributed by atoms with Crippen molar-refractivity contribution in [3.63, 3.8) is 0 Å². The number of nitrogens with zero attached hydrogens (tertiary/aromatic N) is 1. The van der Waals surface area contributed by atoms with E-state index in [2.05, 4.69) is 10.6 Å². The van der Waals surface area contributed by atoms with Gasteiger partial charge in [-0.05, 0) is 44.5 Å². The third-order valence-electron chi connectivity index (χ3n) is 4.65. The van der Waals surface area contributed by atoms with Crippen LogP contribution in [0.4, 0.5) is 5.69 Å². The summed E-state index contributed by atoms with van der Waals surface area (Å²) < 4.78 is 5.14. The van der Waals surface area contributed by atoms with Crippen molar-refractivity contribution in [2.75, 3.05) is 25.6 Å². The smallest absolute Gasteiger partial charge is 0.256 e. The van der Waals surface area contributed by atoms with Crippen molar-refractivity contribution in [2.24, 2.45) is 0 Å². The Labute approximate surface area is 165 Å². The van der Waals surface area contributed by atoms with Gasteiger partial charge in [0.2, 0.25) is 0 Å². The summed E-state index contributed by atoms with van der Waals surface area (Å²) in [6.45, 7) is 5.04. The van der Waals surface area contributed by atoms with Gasteiger partial charge in [0.15, 0.2) is 0 Å². The minimum atomic E-state index is -0.274. The number of fused-ring (bicyclic) bond motifs is 1. The number of methoxy groups -OCH3 is 1. The molecule has 148 valence electrons. The maximum absolute atomic E-state index is 12.9. The molecule has 0 aliphatic carbocycles. The Kier molecular flexibility index (Phi) is 6.31. The molecule has 2 amide bonds. The number of nitrogens with one attached hydrogen (secondary N) is 2. The number of carbonyl (C=O) groups excluding carboxylic acids is 2. The first-order chi connectivity index (χ1) is 13.5. The Morgan fingerprint density at radius 2 is 1.96 bits per heavy atom. The summed E-state index contributed by atoms with van der Waals surface area (Å²) >= 11 is 0. The number of hydrogen-bond donors (Lipinski definition) is 2. The van der Waals surface area contributed by atoms with Crippen LogP contribution in [0.25, 0.3) is 0 Å². The van der Waals surface area contributed by atoms with Crippen LogP contribution in [0, 0.1) is 0 Å². The Bertz CT molecular complexity index is 850. The molecule has 0 fully saturated rings. The lowest BCUT2D eigenvalue weighted by molar-refractivity contribution is 0.0721. The van der Waals surface area contributed by atoms with Gasteiger partial charge in [0.1, 0.15) is 6.17 Å². The summed E-state index contributed by atoms with van der Waals surface area (Å²) in [5.74, 6) is -0.101. The van der Waals surface area contributed by atoms with Gasteiger partial charge in [0.05, 0.1) is 0 Å². The number of ether oxygens (including phenoxy) is 1. The van der Waals surface area contributed by atoms with E-state index in [0.29, 0.717) is 24.3 Å². The topological polar surface area (TPSA) is 70.7 Å². The molecule has 28 heavy (non-hydrogen) atoms. The van der Waals surface area contributed by atoms with Gasteiger partial charge in [-0.3, -0.25) is 9.59 Å². The van der Waals surface area contributed by atoms with Crippen LogP contribution in [0.1, 0.15) is 52.7 Å². The van der Waals surface area contributed by atoms with E-state index in [0.717, 1.165) is 17.7 Å². The SMILES string of the molecule is COCCCN1C(=O)c2ccccc2C1Nc1cccc(C(=O)NC(C)C)c1. The highest BCUT2D eigenvalue weighted by molar-refractivity contribution is 5.99. The lowest BCUT2D eigenvalue weighted by Crippen LogP contribution is -2.34. The van der Waals surface area contributed by atoms with E-state index in [1.54, 1.807) is 13.2 Å². The number of benzene rings is 2. The fourth-order valence-electron chi connectivity index (χ4n) is 3.39. The Balaban J connectivity index is 1.84. The summed E-state index contributed by atoms with van der Waals surface area (Å²) in [5, 5.41) is 6.34. The van der Waals surface area contributed by atoms with Gasteiger partial charge in [-0.15, -0.1) is 0 Å². The first-order valence-corrected chi connectivity index (χ1v) is 9.57. The third kappa shape index (κ3) is 4.34. The minimum absolute atomic E-state index is 0.0120. The van der Waals surface area contributed by atoms with Crippen molar-refractivity contribution in [1.29, 1.82) is 0 Å². The molecule has 0 saturated carbocycles. The van der Waals surface area contributed by atoms with Gasteiger partial charge in [0.25, 0.3) is 11.8 Å². The number of amides is 2. The molecule has 1 unspecified atom stereocenters. The van der Waals surface area contributed by atoms with Crippen LogP contribution in [0.15, 0.2) is 48.5 Å². The fraction of sp³-hybridized carbons (Fsp3) is 0.364. The van der Waals surface area contributed by atoms with Crippen LogP contribution in [0.2, 0.25) is 0 Å². The molecular formula is C22H27N3O3. The molecular weight excluding hydrogens is 354 g/mol. The van der Waals surface area contributed by atoms with Crippen molar-refractivity contribution >= 4 is 17.5 Å². The molecule has 0 saturated heterocycles. The molecule has 1 aliphatic rings. The first-order valence-electron chi connectivity index (χ1n) is 9.57. The van der Waals surface area contributed by atoms with Crippen molar-refractivity contribution in [1.82, 2.24) is 10.2 Å². The van der Waals surface area contributed by atoms with E-state index in [1.165, 1.54) is 0 Å². The molecule has 0 aromatic heterocycles. The van der Waals surface area contributed by atoms with Gasteiger partial charge in [0, 0.05) is 48.7 Å². The molecule has 0 radical (unpaired) electrons. The van der Waals surface area contributed by atoms with Crippen LogP contribution >= 0.6 is 0 Å². The number of anilines is 1. The number of carbonyl (C=O) groups is 2. The fourth-order valence-corrected chi connectivity index (χ4v) is 3.39. The predicted molar refractivity (Wildman–Crippen MR) is 109 cm³/mol. The van der Waals surface area contributed by atoms with Crippen LogP contribution < -0.4 is 10.6 Å². The van der Waals surface area contributed by atoms with Crippen LogP contribution in [0.3, 0.4) is 0 Å². The summed E-state index contributed by atoms with van der Waals surface area (Å²) in [6.07, 6.45) is 0.481. The zero-order chi connectivity index (χ0) is 20.1. The highest BCUT2D eigenvalue weighted by Crippen LogP contribution is 2.34. The second-order valence-electron chi connectivity index (χ2n) is 7.19. The molecule has 0 spiro atoms. The van der Waals surface area contributed by atoms with Gasteiger partial charge < -0.3 is 20.3 Å². The minimum Gasteiger partial charge on any atom is -0.385 e. The molecule has 2 aromatic carbocycles. The summed E-state index contributed by atoms with van der Waals surface area (Å²) in [4.78, 5) is 27.0. The van der Waals surface area contributed by atoms with Gasteiger partial charge in [-0.1, -0.05) is 24.3 Å². The van der Waals surface area contributed by atoms with Crippen molar-refractivity contribution in [2.45, 2.75) is 32.5 Å². The van der Waals surface area contributed by atoms with E-state index >= 15 is 0 Å². The van der Waals surface area contributed by atoms with E-state index in [-0.39, 0.29) is 24.0 Å². The normalized spacial score (nSPS) is 15.6. The van der Waals surface area contributed by atoms with Crippen LogP contribution in [0.5, 0.6) is 0 Å². The molecule has 2 aromatic rings. The molecule has 0 bridgehead atoms. The zero-order valence-electron chi connectivity index (χ0n) is 16.6. The molecule has 2 N–H and O–H groups in total. The van der Waals surface area contributed by atoms with Crippen LogP contribution in [-0.4, -0.2) is 43.0 Å². The number of hydrogen-bond acceptors (Lipinski definition) is 4. The Morgan fingerprint density at radius 1 is 1.18 bits per heavy atom. The molecule has 6 heteroatoms. The summed E-state index contributed by atoms with van der Waals surface area (Å²) in [5.41, 5.74) is 3.04. The molecule has 1 aliphatic heterocycles. The molecule has 1 atom stereocenters. The monoisotopic (exact) mass is 381 g/mol. The zero-order valence-corrected chi connectivity index (χ0v) is 16.6. The quantitative estimate of drug-likeness (QED) is 0.688. The van der Waals surface area contributed by atoms with Crippen molar-refractivity contribution in [3.8, 4) is 0 Å². The maximum atomic E-state index is 12.9. The van der Waals surface area contributed by atoms with Crippen molar-refractivity contribution < 1.29 is 14.3 Å². The average molecular weight is 381 g/mol. The van der Waals surface area contributed by atoms with E-state index < -0.39 is 0 Å². The first kappa shape index (κ1) is 19.9. The van der Waals surface area contributed by atoms with E-state index in [1.807, 2.05) is 61.2 Å². The lowest BCUT2D eigenvalue weighted by atomic mass is 10.1.